The van der Waals surface area contributed by atoms with E-state index in [4.69, 9.17) is 11.6 Å². The van der Waals surface area contributed by atoms with E-state index in [1.807, 2.05) is 0 Å². The first-order chi connectivity index (χ1) is 13.4. The van der Waals surface area contributed by atoms with Crippen LogP contribution >= 0.6 is 23.3 Å². The summed E-state index contributed by atoms with van der Waals surface area (Å²) in [5, 5.41) is 3.24. The number of sulfonamides is 1. The maximum atomic E-state index is 13.0. The molecule has 0 aliphatic carbocycles. The van der Waals surface area contributed by atoms with Crippen LogP contribution in [0.1, 0.15) is 12.8 Å². The number of nitrogens with zero attached hydrogens (tertiary/aromatic N) is 4. The van der Waals surface area contributed by atoms with Crippen molar-refractivity contribution < 1.29 is 13.2 Å². The lowest BCUT2D eigenvalue weighted by Gasteiger charge is -2.30. The molecule has 3 heterocycles. The van der Waals surface area contributed by atoms with Crippen molar-refractivity contribution in [1.29, 1.82) is 0 Å². The number of carbonyl (C=O) groups is 1. The van der Waals surface area contributed by atoms with Crippen LogP contribution in [0.15, 0.2) is 41.4 Å². The summed E-state index contributed by atoms with van der Waals surface area (Å²) in [6.07, 6.45) is 2.33. The maximum Gasteiger partial charge on any atom is 0.245 e. The number of amides is 1. The normalized spacial score (nSPS) is 16.3. The lowest BCUT2D eigenvalue weighted by molar-refractivity contribution is -0.120. The predicted octanol–water partition coefficient (Wildman–Crippen LogP) is 2.78. The van der Waals surface area contributed by atoms with E-state index in [-0.39, 0.29) is 29.8 Å². The summed E-state index contributed by atoms with van der Waals surface area (Å²) < 4.78 is 35.7. The highest BCUT2D eigenvalue weighted by molar-refractivity contribution is 7.89. The SMILES string of the molecule is O=C(Nc1ccc(Cl)cn1)C1CCN(S(=O)(=O)c2cccc3nsnc23)CC1. The summed E-state index contributed by atoms with van der Waals surface area (Å²) in [5.74, 6) is -0.0227. The fourth-order valence-electron chi connectivity index (χ4n) is 3.17. The van der Waals surface area contributed by atoms with Crippen LogP contribution in [0, 0.1) is 5.92 Å². The predicted molar refractivity (Wildman–Crippen MR) is 107 cm³/mol. The molecule has 4 rings (SSSR count). The van der Waals surface area contributed by atoms with Crippen LogP contribution < -0.4 is 5.32 Å². The Morgan fingerprint density at radius 2 is 1.96 bits per heavy atom. The van der Waals surface area contributed by atoms with Crippen molar-refractivity contribution in [3.8, 4) is 0 Å². The van der Waals surface area contributed by atoms with Crippen molar-refractivity contribution in [2.24, 2.45) is 5.92 Å². The summed E-state index contributed by atoms with van der Waals surface area (Å²) in [7, 11) is -3.69. The van der Waals surface area contributed by atoms with Crippen molar-refractivity contribution in [2.45, 2.75) is 17.7 Å². The monoisotopic (exact) mass is 437 g/mol. The molecule has 1 N–H and O–H groups in total. The molecule has 0 spiro atoms. The van der Waals surface area contributed by atoms with Gasteiger partial charge < -0.3 is 5.32 Å². The van der Waals surface area contributed by atoms with E-state index in [0.717, 1.165) is 11.7 Å². The zero-order valence-electron chi connectivity index (χ0n) is 14.6. The highest BCUT2D eigenvalue weighted by Crippen LogP contribution is 2.28. The minimum absolute atomic E-state index is 0.159. The fourth-order valence-corrected chi connectivity index (χ4v) is 5.50. The summed E-state index contributed by atoms with van der Waals surface area (Å²) >= 11 is 6.78. The number of aromatic nitrogens is 3. The minimum atomic E-state index is -3.69. The molecule has 2 aromatic heterocycles. The van der Waals surface area contributed by atoms with Crippen LogP contribution in [0.4, 0.5) is 5.82 Å². The van der Waals surface area contributed by atoms with Crippen molar-refractivity contribution in [1.82, 2.24) is 18.0 Å². The molecule has 0 radical (unpaired) electrons. The van der Waals surface area contributed by atoms with Gasteiger partial charge in [-0.3, -0.25) is 4.79 Å². The van der Waals surface area contributed by atoms with Gasteiger partial charge in [-0.05, 0) is 37.1 Å². The lowest BCUT2D eigenvalue weighted by Crippen LogP contribution is -2.41. The molecule has 146 valence electrons. The number of benzene rings is 1. The van der Waals surface area contributed by atoms with Crippen molar-refractivity contribution in [3.05, 3.63) is 41.6 Å². The van der Waals surface area contributed by atoms with Gasteiger partial charge in [0.15, 0.2) is 0 Å². The second-order valence-electron chi connectivity index (χ2n) is 6.42. The summed E-state index contributed by atoms with van der Waals surface area (Å²) in [4.78, 5) is 16.7. The van der Waals surface area contributed by atoms with Gasteiger partial charge in [0.1, 0.15) is 21.7 Å². The summed E-state index contributed by atoms with van der Waals surface area (Å²) in [5.41, 5.74) is 0.956. The van der Waals surface area contributed by atoms with E-state index in [1.54, 1.807) is 30.3 Å². The highest BCUT2D eigenvalue weighted by Gasteiger charge is 2.33. The van der Waals surface area contributed by atoms with Gasteiger partial charge in [0.05, 0.1) is 16.8 Å². The first-order valence-electron chi connectivity index (χ1n) is 8.59. The Hall–Kier alpha value is -2.14. The van der Waals surface area contributed by atoms with E-state index in [9.17, 15) is 13.2 Å². The number of fused-ring (bicyclic) bond motifs is 1. The molecule has 1 aromatic carbocycles. The largest absolute Gasteiger partial charge is 0.310 e. The molecule has 0 bridgehead atoms. The summed E-state index contributed by atoms with van der Waals surface area (Å²) in [6, 6.07) is 8.22. The lowest BCUT2D eigenvalue weighted by atomic mass is 9.97. The molecule has 3 aromatic rings. The van der Waals surface area contributed by atoms with Crippen molar-refractivity contribution in [3.63, 3.8) is 0 Å². The molecule has 0 saturated carbocycles. The molecule has 0 atom stereocenters. The Bertz CT molecular complexity index is 1110. The molecule has 1 saturated heterocycles. The third-order valence-corrected chi connectivity index (χ3v) is 7.37. The number of hydrogen-bond acceptors (Lipinski definition) is 7. The number of halogens is 1. The Balaban J connectivity index is 1.44. The smallest absolute Gasteiger partial charge is 0.245 e. The van der Waals surface area contributed by atoms with Crippen LogP contribution in [-0.4, -0.2) is 45.5 Å². The molecule has 1 aliphatic rings. The van der Waals surface area contributed by atoms with E-state index < -0.39 is 10.0 Å². The average molecular weight is 438 g/mol. The van der Waals surface area contributed by atoms with Crippen LogP contribution in [0.25, 0.3) is 11.0 Å². The minimum Gasteiger partial charge on any atom is -0.310 e. The first-order valence-corrected chi connectivity index (χ1v) is 11.1. The first kappa shape index (κ1) is 19.2. The average Bonchev–Trinajstić information content (AvgIpc) is 3.18. The van der Waals surface area contributed by atoms with Gasteiger partial charge in [0.2, 0.25) is 15.9 Å². The van der Waals surface area contributed by atoms with Crippen molar-refractivity contribution in [2.75, 3.05) is 18.4 Å². The number of hydrogen-bond donors (Lipinski definition) is 1. The number of pyridine rings is 1. The Kier molecular flexibility index (Phi) is 5.28. The third-order valence-electron chi connectivity index (χ3n) is 4.67. The Morgan fingerprint density at radius 3 is 2.68 bits per heavy atom. The van der Waals surface area contributed by atoms with Crippen LogP contribution in [0.2, 0.25) is 5.02 Å². The molecule has 28 heavy (non-hydrogen) atoms. The van der Waals surface area contributed by atoms with Crippen LogP contribution in [0.3, 0.4) is 0 Å². The third kappa shape index (κ3) is 3.72. The molecule has 11 heteroatoms. The standard InChI is InChI=1S/C17H16ClN5O3S2/c18-12-4-5-15(19-10-12)20-17(24)11-6-8-23(9-7-11)28(25,26)14-3-1-2-13-16(14)22-27-21-13/h1-5,10-11H,6-9H2,(H,19,20,24). The van der Waals surface area contributed by atoms with Gasteiger partial charge in [0, 0.05) is 25.2 Å². The fraction of sp³-hybridized carbons (Fsp3) is 0.294. The molecule has 1 aliphatic heterocycles. The molecule has 1 fully saturated rings. The van der Waals surface area contributed by atoms with Crippen LogP contribution in [0.5, 0.6) is 0 Å². The zero-order chi connectivity index (χ0) is 19.7. The topological polar surface area (TPSA) is 105 Å². The molecular weight excluding hydrogens is 422 g/mol. The number of anilines is 1. The maximum absolute atomic E-state index is 13.0. The van der Waals surface area contributed by atoms with Gasteiger partial charge in [-0.25, -0.2) is 13.4 Å². The van der Waals surface area contributed by atoms with E-state index in [2.05, 4.69) is 19.0 Å². The van der Waals surface area contributed by atoms with Gasteiger partial charge >= 0.3 is 0 Å². The van der Waals surface area contributed by atoms with Gasteiger partial charge in [-0.2, -0.15) is 13.1 Å². The quantitative estimate of drug-likeness (QED) is 0.672. The zero-order valence-corrected chi connectivity index (χ0v) is 17.0. The highest BCUT2D eigenvalue weighted by atomic mass is 35.5. The van der Waals surface area contributed by atoms with Crippen LogP contribution in [-0.2, 0) is 14.8 Å². The van der Waals surface area contributed by atoms with E-state index in [0.29, 0.717) is 34.7 Å². The van der Waals surface area contributed by atoms with Gasteiger partial charge in [-0.1, -0.05) is 17.7 Å². The molecule has 8 nitrogen and oxygen atoms in total. The van der Waals surface area contributed by atoms with E-state index >= 15 is 0 Å². The second-order valence-corrected chi connectivity index (χ2v) is 9.29. The van der Waals surface area contributed by atoms with Crippen molar-refractivity contribution >= 4 is 56.1 Å². The summed E-state index contributed by atoms with van der Waals surface area (Å²) in [6.45, 7) is 0.533. The Morgan fingerprint density at radius 1 is 1.18 bits per heavy atom. The van der Waals surface area contributed by atoms with Gasteiger partial charge in [-0.15, -0.1) is 0 Å². The number of rotatable bonds is 4. The van der Waals surface area contributed by atoms with Gasteiger partial charge in [0.25, 0.3) is 0 Å². The van der Waals surface area contributed by atoms with E-state index in [1.165, 1.54) is 10.5 Å². The Labute approximate surface area is 170 Å². The second kappa shape index (κ2) is 7.70. The molecule has 0 unspecified atom stereocenters. The number of nitrogens with one attached hydrogen (secondary N) is 1. The number of piperidine rings is 1. The number of carbonyl (C=O) groups excluding carboxylic acids is 1. The molecular formula is C17H16ClN5O3S2. The molecule has 1 amide bonds.